The van der Waals surface area contributed by atoms with Gasteiger partial charge < -0.3 is 5.32 Å². The van der Waals surface area contributed by atoms with Gasteiger partial charge in [-0.2, -0.15) is 10.2 Å². The number of fused-ring (bicyclic) bond motifs is 1. The smallest absolute Gasteiger partial charge is 0.133 e. The van der Waals surface area contributed by atoms with Gasteiger partial charge in [-0.1, -0.05) is 6.08 Å². The summed E-state index contributed by atoms with van der Waals surface area (Å²) < 4.78 is 42.3. The van der Waals surface area contributed by atoms with E-state index in [1.165, 1.54) is 24.4 Å². The Kier molecular flexibility index (Phi) is 4.26. The molecule has 0 fully saturated rings. The second-order valence-corrected chi connectivity index (χ2v) is 5.97. The van der Waals surface area contributed by atoms with Crippen molar-refractivity contribution in [3.63, 3.8) is 0 Å². The maximum absolute atomic E-state index is 14.8. The first-order valence-electron chi connectivity index (χ1n) is 8.10. The Bertz CT molecular complexity index is 1000. The van der Waals surface area contributed by atoms with Gasteiger partial charge in [-0.05, 0) is 53.1 Å². The van der Waals surface area contributed by atoms with Crippen molar-refractivity contribution in [3.05, 3.63) is 88.9 Å². The lowest BCUT2D eigenvalue weighted by molar-refractivity contribution is 0.581. The maximum atomic E-state index is 14.8. The van der Waals surface area contributed by atoms with Gasteiger partial charge in [-0.3, -0.25) is 0 Å². The summed E-state index contributed by atoms with van der Waals surface area (Å²) in [6.45, 7) is 0.981. The molecule has 0 atom stereocenters. The number of aromatic nitrogens is 2. The molecule has 0 unspecified atom stereocenters. The molecule has 4 rings (SSSR count). The summed E-state index contributed by atoms with van der Waals surface area (Å²) in [6, 6.07) is 9.84. The standard InChI is InChI=1S/C20H14F3N3/c21-13-3-4-15(18(22)9-13)14-5-7-24-11-12-8-17(19(23)10-16(12)14)20-2-1-6-25-26-20/h1-6,8-10,24H,7,11H2. The van der Waals surface area contributed by atoms with Gasteiger partial charge in [0.25, 0.3) is 0 Å². The van der Waals surface area contributed by atoms with E-state index in [0.717, 1.165) is 11.6 Å². The number of halogens is 3. The third-order valence-corrected chi connectivity index (χ3v) is 4.32. The zero-order chi connectivity index (χ0) is 18.1. The molecule has 0 amide bonds. The molecule has 26 heavy (non-hydrogen) atoms. The van der Waals surface area contributed by atoms with Crippen LogP contribution in [0.5, 0.6) is 0 Å². The van der Waals surface area contributed by atoms with Crippen molar-refractivity contribution >= 4 is 5.57 Å². The highest BCUT2D eigenvalue weighted by Crippen LogP contribution is 2.33. The number of hydrogen-bond donors (Lipinski definition) is 1. The zero-order valence-corrected chi connectivity index (χ0v) is 13.6. The van der Waals surface area contributed by atoms with E-state index < -0.39 is 17.5 Å². The van der Waals surface area contributed by atoms with Crippen molar-refractivity contribution in [2.75, 3.05) is 6.54 Å². The molecule has 1 aliphatic heterocycles. The molecule has 3 aromatic rings. The minimum absolute atomic E-state index is 0.239. The summed E-state index contributed by atoms with van der Waals surface area (Å²) in [5, 5.41) is 10.9. The normalized spacial score (nSPS) is 13.7. The minimum atomic E-state index is -0.678. The number of benzene rings is 2. The summed E-state index contributed by atoms with van der Waals surface area (Å²) in [6.07, 6.45) is 3.30. The monoisotopic (exact) mass is 353 g/mol. The Hall–Kier alpha value is -2.99. The highest BCUT2D eigenvalue weighted by Gasteiger charge is 2.20. The molecule has 1 aromatic heterocycles. The summed E-state index contributed by atoms with van der Waals surface area (Å²) in [5.74, 6) is -1.80. The molecule has 6 heteroatoms. The van der Waals surface area contributed by atoms with Gasteiger partial charge in [0.15, 0.2) is 0 Å². The topological polar surface area (TPSA) is 37.8 Å². The van der Waals surface area contributed by atoms with Crippen molar-refractivity contribution in [1.29, 1.82) is 0 Å². The Morgan fingerprint density at radius 1 is 0.885 bits per heavy atom. The Morgan fingerprint density at radius 2 is 1.73 bits per heavy atom. The molecule has 0 aliphatic carbocycles. The second-order valence-electron chi connectivity index (χ2n) is 5.97. The van der Waals surface area contributed by atoms with E-state index in [1.807, 2.05) is 0 Å². The molecule has 0 saturated carbocycles. The SMILES string of the molecule is Fc1ccc(C2=CCNCc3cc(-c4cccnn4)c(F)cc32)c(F)c1. The van der Waals surface area contributed by atoms with E-state index in [4.69, 9.17) is 0 Å². The Labute approximate surface area is 148 Å². The summed E-state index contributed by atoms with van der Waals surface area (Å²) in [4.78, 5) is 0. The van der Waals surface area contributed by atoms with Crippen LogP contribution in [0.15, 0.2) is 54.7 Å². The molecule has 0 spiro atoms. The highest BCUT2D eigenvalue weighted by molar-refractivity contribution is 5.83. The molecule has 2 aromatic carbocycles. The van der Waals surface area contributed by atoms with Crippen LogP contribution in [0.1, 0.15) is 16.7 Å². The van der Waals surface area contributed by atoms with Gasteiger partial charge in [-0.25, -0.2) is 13.2 Å². The van der Waals surface area contributed by atoms with E-state index in [1.54, 1.807) is 24.3 Å². The van der Waals surface area contributed by atoms with Crippen molar-refractivity contribution in [3.8, 4) is 11.3 Å². The first kappa shape index (κ1) is 16.5. The predicted molar refractivity (Wildman–Crippen MR) is 92.6 cm³/mol. The lowest BCUT2D eigenvalue weighted by Crippen LogP contribution is -2.11. The summed E-state index contributed by atoms with van der Waals surface area (Å²) in [7, 11) is 0. The van der Waals surface area contributed by atoms with Crippen LogP contribution in [0.2, 0.25) is 0 Å². The number of rotatable bonds is 2. The van der Waals surface area contributed by atoms with Crippen LogP contribution in [0.3, 0.4) is 0 Å². The third-order valence-electron chi connectivity index (χ3n) is 4.32. The summed E-state index contributed by atoms with van der Waals surface area (Å²) >= 11 is 0. The van der Waals surface area contributed by atoms with Crippen molar-refractivity contribution in [2.45, 2.75) is 6.54 Å². The van der Waals surface area contributed by atoms with Gasteiger partial charge in [0.05, 0.1) is 5.69 Å². The molecule has 3 nitrogen and oxygen atoms in total. The Balaban J connectivity index is 1.87. The van der Waals surface area contributed by atoms with Crippen molar-refractivity contribution in [2.24, 2.45) is 0 Å². The molecular formula is C20H14F3N3. The first-order valence-corrected chi connectivity index (χ1v) is 8.10. The second kappa shape index (κ2) is 6.72. The maximum Gasteiger partial charge on any atom is 0.133 e. The highest BCUT2D eigenvalue weighted by atomic mass is 19.1. The van der Waals surface area contributed by atoms with Gasteiger partial charge in [0, 0.05) is 36.5 Å². The zero-order valence-electron chi connectivity index (χ0n) is 13.6. The van der Waals surface area contributed by atoms with Crippen LogP contribution in [0.4, 0.5) is 13.2 Å². The van der Waals surface area contributed by atoms with Crippen LogP contribution in [0.25, 0.3) is 16.8 Å². The van der Waals surface area contributed by atoms with E-state index in [0.29, 0.717) is 35.5 Å². The summed E-state index contributed by atoms with van der Waals surface area (Å²) in [5.41, 5.74) is 2.91. The van der Waals surface area contributed by atoms with Crippen LogP contribution in [0, 0.1) is 17.5 Å². The number of nitrogens with zero attached hydrogens (tertiary/aromatic N) is 2. The van der Waals surface area contributed by atoms with Crippen molar-refractivity contribution < 1.29 is 13.2 Å². The fourth-order valence-corrected chi connectivity index (χ4v) is 3.11. The molecule has 1 aliphatic rings. The van der Waals surface area contributed by atoms with E-state index in [9.17, 15) is 13.2 Å². The van der Waals surface area contributed by atoms with Gasteiger partial charge in [0.2, 0.25) is 0 Å². The lowest BCUT2D eigenvalue weighted by atomic mass is 9.91. The first-order chi connectivity index (χ1) is 12.6. The fourth-order valence-electron chi connectivity index (χ4n) is 3.11. The Morgan fingerprint density at radius 3 is 2.50 bits per heavy atom. The molecule has 130 valence electrons. The minimum Gasteiger partial charge on any atom is -0.309 e. The van der Waals surface area contributed by atoms with E-state index in [-0.39, 0.29) is 5.56 Å². The van der Waals surface area contributed by atoms with Crippen LogP contribution in [-0.4, -0.2) is 16.7 Å². The van der Waals surface area contributed by atoms with Gasteiger partial charge in [0.1, 0.15) is 17.5 Å². The number of nitrogens with one attached hydrogen (secondary N) is 1. The van der Waals surface area contributed by atoms with Gasteiger partial charge >= 0.3 is 0 Å². The van der Waals surface area contributed by atoms with Crippen LogP contribution >= 0.6 is 0 Å². The molecule has 2 heterocycles. The molecule has 0 saturated heterocycles. The largest absolute Gasteiger partial charge is 0.309 e. The van der Waals surface area contributed by atoms with Crippen molar-refractivity contribution in [1.82, 2.24) is 15.5 Å². The van der Waals surface area contributed by atoms with Crippen LogP contribution in [-0.2, 0) is 6.54 Å². The van der Waals surface area contributed by atoms with Crippen LogP contribution < -0.4 is 5.32 Å². The quantitative estimate of drug-likeness (QED) is 0.754. The third kappa shape index (κ3) is 2.99. The lowest BCUT2D eigenvalue weighted by Gasteiger charge is -2.14. The van der Waals surface area contributed by atoms with E-state index in [2.05, 4.69) is 15.5 Å². The van der Waals surface area contributed by atoms with Gasteiger partial charge in [-0.15, -0.1) is 0 Å². The molecular weight excluding hydrogens is 339 g/mol. The molecule has 0 bridgehead atoms. The molecule has 1 N–H and O–H groups in total. The average molecular weight is 353 g/mol. The number of hydrogen-bond acceptors (Lipinski definition) is 3. The van der Waals surface area contributed by atoms with E-state index >= 15 is 0 Å². The average Bonchev–Trinajstić information content (AvgIpc) is 2.84. The fraction of sp³-hybridized carbons (Fsp3) is 0.100. The predicted octanol–water partition coefficient (Wildman–Crippen LogP) is 4.10. The molecule has 0 radical (unpaired) electrons.